The first kappa shape index (κ1) is 33.5. The normalized spacial score (nSPS) is 15.7. The molecule has 0 aromatic heterocycles. The van der Waals surface area contributed by atoms with Crippen molar-refractivity contribution >= 4 is 61.1 Å². The van der Waals surface area contributed by atoms with Crippen LogP contribution in [0, 0.1) is 0 Å². The van der Waals surface area contributed by atoms with Gasteiger partial charge in [0.2, 0.25) is 0 Å². The van der Waals surface area contributed by atoms with E-state index in [1.807, 2.05) is 0 Å². The Labute approximate surface area is 314 Å². The standard InChI is InChI=1S/C51H44P2/c1-52(41-25-9-3-10-26-41,42-27-11-4-12-28-42,43-29-13-5-14-30-43)49-39-50(48-38-22-24-40-23-21-37-47(49)51(40)48)53(2,44-31-15-6-16-32-44,45-33-17-7-18-34-45)46-35-19-8-20-36-46/h3-39,49H,1-2H3. The maximum absolute atomic E-state index is 3.49. The van der Waals surface area contributed by atoms with Gasteiger partial charge >= 0.3 is 316 Å². The molecular formula is C51H44P2. The Kier molecular flexibility index (Phi) is 7.98. The third-order valence-electron chi connectivity index (χ3n) is 12.6. The first-order chi connectivity index (χ1) is 26.0. The molecule has 0 bridgehead atoms. The first-order valence-corrected chi connectivity index (χ1v) is 24.0. The van der Waals surface area contributed by atoms with Gasteiger partial charge in [-0.2, -0.15) is 0 Å². The van der Waals surface area contributed by atoms with Crippen LogP contribution in [0.15, 0.2) is 224 Å². The maximum atomic E-state index is 2.78. The Hall–Kier alpha value is -5.38. The molecule has 8 aromatic carbocycles. The summed E-state index contributed by atoms with van der Waals surface area (Å²) in [6.45, 7) is -1.64. The minimum absolute atomic E-state index is 0.0272. The van der Waals surface area contributed by atoms with Crippen molar-refractivity contribution in [1.82, 2.24) is 0 Å². The van der Waals surface area contributed by atoms with E-state index in [0.29, 0.717) is 0 Å². The fourth-order valence-electron chi connectivity index (χ4n) is 9.81. The summed E-state index contributed by atoms with van der Waals surface area (Å²) in [5, 5.41) is 12.4. The molecule has 258 valence electrons. The molecule has 0 fully saturated rings. The Morgan fingerprint density at radius 1 is 0.340 bits per heavy atom. The van der Waals surface area contributed by atoms with E-state index in [0.717, 1.165) is 0 Å². The van der Waals surface area contributed by atoms with Gasteiger partial charge in [0.15, 0.2) is 0 Å². The summed E-state index contributed by atoms with van der Waals surface area (Å²) in [6, 6.07) is 82.7. The molecule has 0 radical (unpaired) electrons. The molecule has 0 amide bonds. The summed E-state index contributed by atoms with van der Waals surface area (Å²) < 4.78 is 0. The van der Waals surface area contributed by atoms with Gasteiger partial charge in [-0.3, -0.25) is 0 Å². The number of allylic oxidation sites excluding steroid dienone is 1. The van der Waals surface area contributed by atoms with Crippen LogP contribution in [0.1, 0.15) is 16.8 Å². The van der Waals surface area contributed by atoms with Crippen molar-refractivity contribution in [3.8, 4) is 0 Å². The summed E-state index contributed by atoms with van der Waals surface area (Å²) in [7, 11) is 0. The van der Waals surface area contributed by atoms with E-state index in [9.17, 15) is 0 Å². The summed E-state index contributed by atoms with van der Waals surface area (Å²) in [5.41, 5.74) is 2.77. The Morgan fingerprint density at radius 3 is 1.06 bits per heavy atom. The molecular weight excluding hydrogens is 675 g/mol. The fourth-order valence-corrected chi connectivity index (χ4v) is 21.8. The molecule has 1 atom stereocenters. The molecule has 9 rings (SSSR count). The molecule has 0 spiro atoms. The van der Waals surface area contributed by atoms with Crippen LogP contribution in [-0.2, 0) is 0 Å². The van der Waals surface area contributed by atoms with E-state index in [4.69, 9.17) is 0 Å². The van der Waals surface area contributed by atoms with Crippen LogP contribution in [0.3, 0.4) is 0 Å². The van der Waals surface area contributed by atoms with Crippen molar-refractivity contribution in [2.45, 2.75) is 5.66 Å². The molecule has 0 nitrogen and oxygen atoms in total. The van der Waals surface area contributed by atoms with Gasteiger partial charge in [-0.25, -0.2) is 0 Å². The van der Waals surface area contributed by atoms with Crippen LogP contribution < -0.4 is 31.8 Å². The average Bonchev–Trinajstić information content (AvgIpc) is 3.25. The molecule has 0 N–H and O–H groups in total. The van der Waals surface area contributed by atoms with Crippen LogP contribution in [0.2, 0.25) is 0 Å². The van der Waals surface area contributed by atoms with Crippen molar-refractivity contribution in [1.29, 1.82) is 0 Å². The summed E-state index contributed by atoms with van der Waals surface area (Å²) >= 11 is 0. The first-order valence-electron chi connectivity index (χ1n) is 18.6. The van der Waals surface area contributed by atoms with Gasteiger partial charge in [0.25, 0.3) is 0 Å². The molecule has 53 heavy (non-hydrogen) atoms. The molecule has 0 saturated heterocycles. The summed E-state index contributed by atoms with van der Waals surface area (Å²) in [5.74, 6) is 0. The van der Waals surface area contributed by atoms with Crippen molar-refractivity contribution < 1.29 is 0 Å². The van der Waals surface area contributed by atoms with Gasteiger partial charge in [0, 0.05) is 0 Å². The second kappa shape index (κ2) is 12.6. The van der Waals surface area contributed by atoms with E-state index >= 15 is 0 Å². The van der Waals surface area contributed by atoms with Crippen LogP contribution in [0.4, 0.5) is 0 Å². The Bertz CT molecular complexity index is 2380. The molecule has 1 aliphatic rings. The summed E-state index contributed by atoms with van der Waals surface area (Å²) in [4.78, 5) is 0. The van der Waals surface area contributed by atoms with E-state index in [-0.39, 0.29) is 5.66 Å². The number of hydrogen-bond donors (Lipinski definition) is 0. The third-order valence-corrected chi connectivity index (χ3v) is 25.7. The van der Waals surface area contributed by atoms with Crippen molar-refractivity contribution in [2.24, 2.45) is 0 Å². The molecule has 1 unspecified atom stereocenters. The van der Waals surface area contributed by atoms with Gasteiger partial charge in [-0.05, 0) is 0 Å². The van der Waals surface area contributed by atoms with Crippen molar-refractivity contribution in [3.63, 3.8) is 0 Å². The van der Waals surface area contributed by atoms with Crippen LogP contribution in [0.25, 0.3) is 16.1 Å². The topological polar surface area (TPSA) is 0 Å². The number of hydrogen-bond acceptors (Lipinski definition) is 0. The molecule has 2 heteroatoms. The molecule has 0 heterocycles. The average molecular weight is 719 g/mol. The SMILES string of the molecule is CP(C1=CC(P(C)(c2ccccc2)(c2ccccc2)c2ccccc2)c2cccc3cccc1c23)(c1ccccc1)(c1ccccc1)c1ccccc1. The second-order valence-corrected chi connectivity index (χ2v) is 25.5. The van der Waals surface area contributed by atoms with Gasteiger partial charge in [-0.1, -0.05) is 0 Å². The van der Waals surface area contributed by atoms with Gasteiger partial charge in [-0.15, -0.1) is 0 Å². The zero-order valence-corrected chi connectivity index (χ0v) is 32.1. The van der Waals surface area contributed by atoms with Gasteiger partial charge < -0.3 is 0 Å². The van der Waals surface area contributed by atoms with E-state index < -0.39 is 13.2 Å². The van der Waals surface area contributed by atoms with Crippen LogP contribution in [-0.4, -0.2) is 13.3 Å². The van der Waals surface area contributed by atoms with E-state index in [1.54, 1.807) is 0 Å². The predicted octanol–water partition coefficient (Wildman–Crippen LogP) is 10.6. The molecule has 8 aromatic rings. The predicted molar refractivity (Wildman–Crippen MR) is 237 cm³/mol. The minimum atomic E-state index is -3.49. The second-order valence-electron chi connectivity index (χ2n) is 15.0. The monoisotopic (exact) mass is 718 g/mol. The van der Waals surface area contributed by atoms with E-state index in [2.05, 4.69) is 238 Å². The molecule has 0 saturated carbocycles. The zero-order valence-electron chi connectivity index (χ0n) is 30.3. The molecule has 1 aliphatic carbocycles. The zero-order chi connectivity index (χ0) is 36.0. The van der Waals surface area contributed by atoms with Crippen LogP contribution in [0.5, 0.6) is 0 Å². The summed E-state index contributed by atoms with van der Waals surface area (Å²) in [6.07, 6.45) is 2.78. The third kappa shape index (κ3) is 4.56. The van der Waals surface area contributed by atoms with Gasteiger partial charge in [0.1, 0.15) is 0 Å². The number of benzene rings is 8. The van der Waals surface area contributed by atoms with Gasteiger partial charge in [0.05, 0.1) is 0 Å². The number of rotatable bonds is 8. The van der Waals surface area contributed by atoms with Crippen LogP contribution >= 0.6 is 13.2 Å². The Balaban J connectivity index is 1.56. The Morgan fingerprint density at radius 2 is 0.679 bits per heavy atom. The van der Waals surface area contributed by atoms with E-state index in [1.165, 1.54) is 59.0 Å². The quantitative estimate of drug-likeness (QED) is 0.137. The fraction of sp³-hybridized carbons (Fsp3) is 0.0588. The van der Waals surface area contributed by atoms with Crippen molar-refractivity contribution in [3.05, 3.63) is 236 Å². The van der Waals surface area contributed by atoms with Crippen molar-refractivity contribution in [2.75, 3.05) is 13.3 Å². The molecule has 0 aliphatic heterocycles.